The smallest absolute Gasteiger partial charge is 0.326 e. The van der Waals surface area contributed by atoms with Crippen LogP contribution >= 0.6 is 0 Å². The summed E-state index contributed by atoms with van der Waals surface area (Å²) in [5.41, 5.74) is 0.794. The van der Waals surface area contributed by atoms with Gasteiger partial charge >= 0.3 is 5.97 Å². The second kappa shape index (κ2) is 5.79. The van der Waals surface area contributed by atoms with Crippen LogP contribution in [0.25, 0.3) is 0 Å². The molecular weight excluding hydrogens is 248 g/mol. The van der Waals surface area contributed by atoms with E-state index in [-0.39, 0.29) is 25.3 Å². The number of aliphatic hydroxyl groups excluding tert-OH is 1. The molecule has 1 aromatic heterocycles. The molecule has 1 amide bonds. The van der Waals surface area contributed by atoms with Crippen LogP contribution in [0.4, 0.5) is 0 Å². The summed E-state index contributed by atoms with van der Waals surface area (Å²) >= 11 is 0. The maximum absolute atomic E-state index is 12.0. The summed E-state index contributed by atoms with van der Waals surface area (Å²) in [6.07, 6.45) is 1.68. The number of amides is 1. The Morgan fingerprint density at radius 2 is 2.21 bits per heavy atom. The van der Waals surface area contributed by atoms with Gasteiger partial charge in [0.05, 0.1) is 6.10 Å². The number of aliphatic carboxylic acids is 1. The minimum absolute atomic E-state index is 0.0953. The Bertz CT molecular complexity index is 463. The van der Waals surface area contributed by atoms with Gasteiger partial charge in [-0.2, -0.15) is 0 Å². The van der Waals surface area contributed by atoms with Gasteiger partial charge in [0.1, 0.15) is 6.04 Å². The molecule has 1 fully saturated rings. The molecule has 0 aromatic carbocycles. The molecule has 0 spiro atoms. The number of aryl methyl sites for hydroxylation is 1. The van der Waals surface area contributed by atoms with Crippen LogP contribution in [0.1, 0.15) is 18.5 Å². The lowest BCUT2D eigenvalue weighted by molar-refractivity contribution is -0.148. The topological polar surface area (TPSA) is 90.7 Å². The van der Waals surface area contributed by atoms with Crippen LogP contribution in [0.2, 0.25) is 0 Å². The summed E-state index contributed by atoms with van der Waals surface area (Å²) in [5, 5.41) is 18.5. The van der Waals surface area contributed by atoms with Crippen molar-refractivity contribution in [3.63, 3.8) is 0 Å². The number of β-amino-alcohol motifs (C(OH)–C–C–N with tert-alkyl or cyclic N) is 1. The third-order valence-electron chi connectivity index (χ3n) is 3.21. The van der Waals surface area contributed by atoms with E-state index in [4.69, 9.17) is 5.11 Å². The zero-order chi connectivity index (χ0) is 13.8. The first kappa shape index (κ1) is 13.5. The standard InChI is InChI=1S/C13H16N2O4/c16-10-7-11(13(18)19)15(8-10)12(17)5-4-9-3-1-2-6-14-9/h1-3,6,10-11,16H,4-5,7-8H2,(H,18,19)/t10-,11-/m1/s1. The number of carboxylic acids is 1. The number of nitrogens with zero attached hydrogens (tertiary/aromatic N) is 2. The minimum Gasteiger partial charge on any atom is -0.480 e. The van der Waals surface area contributed by atoms with Crippen LogP contribution in [-0.4, -0.2) is 50.7 Å². The fraction of sp³-hybridized carbons (Fsp3) is 0.462. The number of hydrogen-bond acceptors (Lipinski definition) is 4. The highest BCUT2D eigenvalue weighted by Crippen LogP contribution is 2.19. The van der Waals surface area contributed by atoms with Gasteiger partial charge in [-0.05, 0) is 18.6 Å². The lowest BCUT2D eigenvalue weighted by Crippen LogP contribution is -2.40. The van der Waals surface area contributed by atoms with Crippen LogP contribution in [0.5, 0.6) is 0 Å². The van der Waals surface area contributed by atoms with Gasteiger partial charge in [0, 0.05) is 31.3 Å². The first-order valence-electron chi connectivity index (χ1n) is 6.18. The van der Waals surface area contributed by atoms with Crippen molar-refractivity contribution in [1.29, 1.82) is 0 Å². The van der Waals surface area contributed by atoms with Gasteiger partial charge in [0.15, 0.2) is 0 Å². The summed E-state index contributed by atoms with van der Waals surface area (Å²) < 4.78 is 0. The van der Waals surface area contributed by atoms with E-state index in [9.17, 15) is 14.7 Å². The van der Waals surface area contributed by atoms with Crippen LogP contribution in [0.15, 0.2) is 24.4 Å². The van der Waals surface area contributed by atoms with Crippen molar-refractivity contribution in [2.45, 2.75) is 31.4 Å². The molecule has 2 heterocycles. The molecular formula is C13H16N2O4. The van der Waals surface area contributed by atoms with Crippen molar-refractivity contribution in [2.24, 2.45) is 0 Å². The van der Waals surface area contributed by atoms with E-state index in [0.717, 1.165) is 5.69 Å². The van der Waals surface area contributed by atoms with Crippen LogP contribution in [0.3, 0.4) is 0 Å². The molecule has 102 valence electrons. The van der Waals surface area contributed by atoms with E-state index >= 15 is 0 Å². The highest BCUT2D eigenvalue weighted by molar-refractivity contribution is 5.84. The van der Waals surface area contributed by atoms with Crippen LogP contribution < -0.4 is 0 Å². The van der Waals surface area contributed by atoms with Gasteiger partial charge in [0.2, 0.25) is 5.91 Å². The summed E-state index contributed by atoms with van der Waals surface area (Å²) in [6.45, 7) is 0.0953. The van der Waals surface area contributed by atoms with Gasteiger partial charge in [-0.15, -0.1) is 0 Å². The summed E-state index contributed by atoms with van der Waals surface area (Å²) in [7, 11) is 0. The lowest BCUT2D eigenvalue weighted by atomic mass is 10.2. The molecule has 0 radical (unpaired) electrons. The zero-order valence-electron chi connectivity index (χ0n) is 10.4. The Balaban J connectivity index is 1.94. The Kier molecular flexibility index (Phi) is 4.11. The van der Waals surface area contributed by atoms with Gasteiger partial charge in [-0.3, -0.25) is 9.78 Å². The molecule has 0 saturated carbocycles. The largest absolute Gasteiger partial charge is 0.480 e. The fourth-order valence-corrected chi connectivity index (χ4v) is 2.25. The fourth-order valence-electron chi connectivity index (χ4n) is 2.25. The summed E-state index contributed by atoms with van der Waals surface area (Å²) in [6, 6.07) is 4.54. The van der Waals surface area contributed by atoms with Crippen molar-refractivity contribution in [3.8, 4) is 0 Å². The van der Waals surface area contributed by atoms with Crippen molar-refractivity contribution in [3.05, 3.63) is 30.1 Å². The zero-order valence-corrected chi connectivity index (χ0v) is 10.4. The molecule has 1 aromatic rings. The maximum atomic E-state index is 12.0. The van der Waals surface area contributed by atoms with Crippen LogP contribution in [0, 0.1) is 0 Å². The van der Waals surface area contributed by atoms with Crippen molar-refractivity contribution in [1.82, 2.24) is 9.88 Å². The Morgan fingerprint density at radius 1 is 1.42 bits per heavy atom. The molecule has 2 N–H and O–H groups in total. The highest BCUT2D eigenvalue weighted by Gasteiger charge is 2.38. The number of aliphatic hydroxyl groups is 1. The first-order valence-corrected chi connectivity index (χ1v) is 6.18. The second-order valence-electron chi connectivity index (χ2n) is 4.61. The highest BCUT2D eigenvalue weighted by atomic mass is 16.4. The number of aromatic nitrogens is 1. The first-order chi connectivity index (χ1) is 9.08. The van der Waals surface area contributed by atoms with Gasteiger partial charge < -0.3 is 15.1 Å². The van der Waals surface area contributed by atoms with E-state index in [1.807, 2.05) is 12.1 Å². The van der Waals surface area contributed by atoms with E-state index < -0.39 is 18.1 Å². The Hall–Kier alpha value is -1.95. The molecule has 0 unspecified atom stereocenters. The maximum Gasteiger partial charge on any atom is 0.326 e. The normalized spacial score (nSPS) is 22.5. The number of carboxylic acid groups (broad SMARTS) is 1. The van der Waals surface area contributed by atoms with E-state index in [1.54, 1.807) is 12.3 Å². The van der Waals surface area contributed by atoms with Gasteiger partial charge in [-0.25, -0.2) is 4.79 Å². The number of likely N-dealkylation sites (tertiary alicyclic amines) is 1. The number of carbonyl (C=O) groups excluding carboxylic acids is 1. The van der Waals surface area contributed by atoms with Gasteiger partial charge in [-0.1, -0.05) is 6.07 Å². The van der Waals surface area contributed by atoms with E-state index in [0.29, 0.717) is 6.42 Å². The second-order valence-corrected chi connectivity index (χ2v) is 4.61. The molecule has 0 aliphatic carbocycles. The van der Waals surface area contributed by atoms with E-state index in [1.165, 1.54) is 4.90 Å². The molecule has 2 rings (SSSR count). The summed E-state index contributed by atoms with van der Waals surface area (Å²) in [5.74, 6) is -1.32. The van der Waals surface area contributed by atoms with Crippen molar-refractivity contribution in [2.75, 3.05) is 6.54 Å². The van der Waals surface area contributed by atoms with Crippen molar-refractivity contribution < 1.29 is 19.8 Å². The summed E-state index contributed by atoms with van der Waals surface area (Å²) in [4.78, 5) is 28.4. The molecule has 6 heteroatoms. The van der Waals surface area contributed by atoms with E-state index in [2.05, 4.69) is 4.98 Å². The lowest BCUT2D eigenvalue weighted by Gasteiger charge is -2.20. The van der Waals surface area contributed by atoms with Gasteiger partial charge in [0.25, 0.3) is 0 Å². The predicted octanol–water partition coefficient (Wildman–Crippen LogP) is 0.0606. The molecule has 1 saturated heterocycles. The molecule has 19 heavy (non-hydrogen) atoms. The Morgan fingerprint density at radius 3 is 2.84 bits per heavy atom. The number of hydrogen-bond donors (Lipinski definition) is 2. The number of carbonyl (C=O) groups is 2. The number of pyridine rings is 1. The molecule has 6 nitrogen and oxygen atoms in total. The molecule has 1 aliphatic rings. The minimum atomic E-state index is -1.07. The van der Waals surface area contributed by atoms with Crippen LogP contribution in [-0.2, 0) is 16.0 Å². The monoisotopic (exact) mass is 264 g/mol. The van der Waals surface area contributed by atoms with Crippen molar-refractivity contribution >= 4 is 11.9 Å². The molecule has 0 bridgehead atoms. The predicted molar refractivity (Wildman–Crippen MR) is 66.3 cm³/mol. The third-order valence-corrected chi connectivity index (χ3v) is 3.21. The quantitative estimate of drug-likeness (QED) is 0.802. The molecule has 1 aliphatic heterocycles. The number of rotatable bonds is 4. The average Bonchev–Trinajstić information content (AvgIpc) is 2.79. The third kappa shape index (κ3) is 3.29. The SMILES string of the molecule is O=C(O)[C@H]1C[C@@H](O)CN1C(=O)CCc1ccccn1. The Labute approximate surface area is 110 Å². The average molecular weight is 264 g/mol. The molecule has 2 atom stereocenters.